The number of rotatable bonds is 6. The lowest BCUT2D eigenvalue weighted by molar-refractivity contribution is -0.113. The quantitative estimate of drug-likeness (QED) is 0.465. The summed E-state index contributed by atoms with van der Waals surface area (Å²) < 4.78 is 6.54. The number of ether oxygens (including phenoxy) is 1. The van der Waals surface area contributed by atoms with Gasteiger partial charge in [0.2, 0.25) is 5.91 Å². The standard InChI is InChI=1S/C22H25BrN6O2S/c1-3-31-17-7-5-4-6-16(17)25-18(30)12-32-22-26-21-19(13(2)27-28-21)20(24)29(22)15-10-8-14(23)9-11-15/h4-11,13,19,21,24,27-28H,3,12H2,1-2H3,(H,25,30). The van der Waals surface area contributed by atoms with Gasteiger partial charge in [-0.15, -0.1) is 0 Å². The number of amidine groups is 2. The van der Waals surface area contributed by atoms with Crippen LogP contribution >= 0.6 is 27.7 Å². The summed E-state index contributed by atoms with van der Waals surface area (Å²) in [5.74, 6) is 0.969. The average molecular weight is 517 g/mol. The summed E-state index contributed by atoms with van der Waals surface area (Å²) in [5.41, 5.74) is 7.81. The molecular formula is C22H25BrN6O2S. The van der Waals surface area contributed by atoms with Crippen molar-refractivity contribution in [2.24, 2.45) is 10.9 Å². The van der Waals surface area contributed by atoms with E-state index in [1.807, 2.05) is 67.3 Å². The van der Waals surface area contributed by atoms with Crippen LogP contribution in [0.25, 0.3) is 0 Å². The Kier molecular flexibility index (Phi) is 7.14. The zero-order valence-corrected chi connectivity index (χ0v) is 20.2. The Labute approximate surface area is 199 Å². The maximum Gasteiger partial charge on any atom is 0.234 e. The summed E-state index contributed by atoms with van der Waals surface area (Å²) in [6.45, 7) is 4.45. The molecule has 1 amide bonds. The van der Waals surface area contributed by atoms with Crippen LogP contribution in [0.1, 0.15) is 13.8 Å². The highest BCUT2D eigenvalue weighted by Gasteiger charge is 2.43. The van der Waals surface area contributed by atoms with Crippen LogP contribution in [0.2, 0.25) is 0 Å². The van der Waals surface area contributed by atoms with Crippen molar-refractivity contribution in [2.45, 2.75) is 26.1 Å². The summed E-state index contributed by atoms with van der Waals surface area (Å²) >= 11 is 4.77. The Morgan fingerprint density at radius 1 is 1.25 bits per heavy atom. The number of halogens is 1. The van der Waals surface area contributed by atoms with E-state index in [0.29, 0.717) is 29.0 Å². The second-order valence-corrected chi connectivity index (χ2v) is 9.28. The molecule has 2 aliphatic rings. The highest BCUT2D eigenvalue weighted by molar-refractivity contribution is 9.10. The minimum absolute atomic E-state index is 0.0686. The molecule has 1 saturated heterocycles. The Balaban J connectivity index is 1.52. The molecule has 0 spiro atoms. The van der Waals surface area contributed by atoms with Gasteiger partial charge in [-0.2, -0.15) is 0 Å². The number of nitrogens with one attached hydrogen (secondary N) is 4. The number of amides is 1. The van der Waals surface area contributed by atoms with Crippen LogP contribution in [0.15, 0.2) is 58.0 Å². The molecule has 2 aromatic carbocycles. The summed E-state index contributed by atoms with van der Waals surface area (Å²) in [6, 6.07) is 15.2. The SMILES string of the molecule is CCOc1ccccc1NC(=O)CSC1=NC2NNC(C)C2C(=N)N1c1ccc(Br)cc1. The van der Waals surface area contributed by atoms with Crippen molar-refractivity contribution in [1.82, 2.24) is 10.9 Å². The van der Waals surface area contributed by atoms with Crippen LogP contribution < -0.4 is 25.8 Å². The maximum atomic E-state index is 12.7. The van der Waals surface area contributed by atoms with Gasteiger partial charge in [0.1, 0.15) is 17.8 Å². The predicted octanol–water partition coefficient (Wildman–Crippen LogP) is 3.81. The van der Waals surface area contributed by atoms with Crippen molar-refractivity contribution in [3.63, 3.8) is 0 Å². The number of hydrogen-bond donors (Lipinski definition) is 4. The lowest BCUT2D eigenvalue weighted by Crippen LogP contribution is -2.50. The number of fused-ring (bicyclic) bond motifs is 1. The molecule has 0 saturated carbocycles. The highest BCUT2D eigenvalue weighted by atomic mass is 79.9. The number of carbonyl (C=O) groups excluding carboxylic acids is 1. The lowest BCUT2D eigenvalue weighted by atomic mass is 9.97. The van der Waals surface area contributed by atoms with Crippen LogP contribution in [0.5, 0.6) is 5.75 Å². The number of benzene rings is 2. The first kappa shape index (κ1) is 22.8. The fourth-order valence-corrected chi connectivity index (χ4v) is 4.82. The number of nitrogens with zero attached hydrogens (tertiary/aromatic N) is 2. The van der Waals surface area contributed by atoms with Crippen molar-refractivity contribution in [2.75, 3.05) is 22.6 Å². The first-order valence-corrected chi connectivity index (χ1v) is 12.1. The van der Waals surface area contributed by atoms with Crippen LogP contribution in [0.3, 0.4) is 0 Å². The average Bonchev–Trinajstić information content (AvgIpc) is 3.15. The van der Waals surface area contributed by atoms with E-state index in [0.717, 1.165) is 10.2 Å². The second-order valence-electron chi connectivity index (χ2n) is 7.42. The van der Waals surface area contributed by atoms with E-state index >= 15 is 0 Å². The zero-order valence-electron chi connectivity index (χ0n) is 17.8. The molecule has 2 aliphatic heterocycles. The minimum atomic E-state index is -0.242. The molecule has 168 valence electrons. The van der Waals surface area contributed by atoms with Crippen molar-refractivity contribution >= 4 is 56.0 Å². The van der Waals surface area contributed by atoms with Gasteiger partial charge in [0, 0.05) is 16.2 Å². The van der Waals surface area contributed by atoms with Gasteiger partial charge in [-0.05, 0) is 50.2 Å². The molecule has 0 aromatic heterocycles. The smallest absolute Gasteiger partial charge is 0.234 e. The van der Waals surface area contributed by atoms with Gasteiger partial charge in [0.25, 0.3) is 0 Å². The molecule has 2 heterocycles. The van der Waals surface area contributed by atoms with Gasteiger partial charge in [0.05, 0.1) is 24.0 Å². The molecule has 10 heteroatoms. The summed E-state index contributed by atoms with van der Waals surface area (Å²) in [7, 11) is 0. The first-order chi connectivity index (χ1) is 15.5. The number of anilines is 2. The summed E-state index contributed by atoms with van der Waals surface area (Å²) in [5, 5.41) is 12.4. The largest absolute Gasteiger partial charge is 0.492 e. The molecular weight excluding hydrogens is 492 g/mol. The molecule has 0 aliphatic carbocycles. The predicted molar refractivity (Wildman–Crippen MR) is 133 cm³/mol. The Morgan fingerprint density at radius 2 is 2.00 bits per heavy atom. The van der Waals surface area contributed by atoms with Gasteiger partial charge < -0.3 is 10.1 Å². The van der Waals surface area contributed by atoms with Gasteiger partial charge >= 0.3 is 0 Å². The second kappa shape index (κ2) is 10.0. The highest BCUT2D eigenvalue weighted by Crippen LogP contribution is 2.32. The third-order valence-electron chi connectivity index (χ3n) is 5.21. The number of aliphatic imine (C=N–C) groups is 1. The molecule has 4 N–H and O–H groups in total. The summed E-state index contributed by atoms with van der Waals surface area (Å²) in [4.78, 5) is 19.4. The van der Waals surface area contributed by atoms with Gasteiger partial charge in [-0.3, -0.25) is 20.5 Å². The fourth-order valence-electron chi connectivity index (χ4n) is 3.71. The first-order valence-electron chi connectivity index (χ1n) is 10.4. The number of para-hydroxylation sites is 2. The zero-order chi connectivity index (χ0) is 22.7. The number of carbonyl (C=O) groups is 1. The van der Waals surface area contributed by atoms with Crippen LogP contribution in [-0.2, 0) is 4.79 Å². The molecule has 3 atom stereocenters. The van der Waals surface area contributed by atoms with Gasteiger partial charge in [0.15, 0.2) is 5.17 Å². The van der Waals surface area contributed by atoms with Crippen molar-refractivity contribution < 1.29 is 9.53 Å². The normalized spacial score (nSPS) is 22.3. The Hall–Kier alpha value is -2.40. The molecule has 0 radical (unpaired) electrons. The number of hydrogen-bond acceptors (Lipinski definition) is 7. The molecule has 4 rings (SSSR count). The van der Waals surface area contributed by atoms with Crippen LogP contribution in [0, 0.1) is 11.3 Å². The van der Waals surface area contributed by atoms with Gasteiger partial charge in [-0.25, -0.2) is 10.4 Å². The minimum Gasteiger partial charge on any atom is -0.492 e. The molecule has 0 bridgehead atoms. The van der Waals surface area contributed by atoms with E-state index in [-0.39, 0.29) is 29.8 Å². The topological polar surface area (TPSA) is 102 Å². The van der Waals surface area contributed by atoms with E-state index in [4.69, 9.17) is 15.1 Å². The molecule has 8 nitrogen and oxygen atoms in total. The molecule has 32 heavy (non-hydrogen) atoms. The van der Waals surface area contributed by atoms with Crippen LogP contribution in [-0.4, -0.2) is 41.5 Å². The van der Waals surface area contributed by atoms with Gasteiger partial charge in [-0.1, -0.05) is 39.8 Å². The van der Waals surface area contributed by atoms with E-state index in [1.165, 1.54) is 11.8 Å². The molecule has 2 aromatic rings. The van der Waals surface area contributed by atoms with Crippen molar-refractivity contribution in [3.05, 3.63) is 53.0 Å². The Morgan fingerprint density at radius 3 is 2.75 bits per heavy atom. The fraction of sp³-hybridized carbons (Fsp3) is 0.318. The lowest BCUT2D eigenvalue weighted by Gasteiger charge is -2.35. The van der Waals surface area contributed by atoms with E-state index < -0.39 is 0 Å². The maximum absolute atomic E-state index is 12.7. The van der Waals surface area contributed by atoms with E-state index in [9.17, 15) is 4.79 Å². The van der Waals surface area contributed by atoms with E-state index in [1.54, 1.807) is 0 Å². The summed E-state index contributed by atoms with van der Waals surface area (Å²) in [6.07, 6.45) is -0.242. The number of hydrazine groups is 1. The monoisotopic (exact) mass is 516 g/mol. The molecule has 1 fully saturated rings. The number of thioether (sulfide) groups is 1. The van der Waals surface area contributed by atoms with Crippen molar-refractivity contribution in [1.29, 1.82) is 5.41 Å². The third kappa shape index (κ3) is 4.83. The van der Waals surface area contributed by atoms with Crippen molar-refractivity contribution in [3.8, 4) is 5.75 Å². The van der Waals surface area contributed by atoms with E-state index in [2.05, 4.69) is 32.1 Å². The van der Waals surface area contributed by atoms with Crippen LogP contribution in [0.4, 0.5) is 11.4 Å². The third-order valence-corrected chi connectivity index (χ3v) is 6.69. The molecule has 3 unspecified atom stereocenters. The Bertz CT molecular complexity index is 1030.